The van der Waals surface area contributed by atoms with Crippen LogP contribution in [0.25, 0.3) is 11.0 Å². The molecule has 30 heavy (non-hydrogen) atoms. The molecule has 4 rings (SSSR count). The highest BCUT2D eigenvalue weighted by Crippen LogP contribution is 2.34. The van der Waals surface area contributed by atoms with Gasteiger partial charge in [-0.1, -0.05) is 29.3 Å². The second-order valence-electron chi connectivity index (χ2n) is 7.03. The van der Waals surface area contributed by atoms with Crippen LogP contribution in [0.4, 0.5) is 5.69 Å². The second kappa shape index (κ2) is 8.11. The Balaban J connectivity index is 1.46. The Morgan fingerprint density at radius 2 is 1.87 bits per heavy atom. The normalized spacial score (nSPS) is 16.1. The Kier molecular flexibility index (Phi) is 5.67. The van der Waals surface area contributed by atoms with Crippen molar-refractivity contribution < 1.29 is 22.7 Å². The van der Waals surface area contributed by atoms with Crippen LogP contribution in [-0.2, 0) is 10.0 Å². The van der Waals surface area contributed by atoms with Crippen LogP contribution in [0.1, 0.15) is 23.4 Å². The number of rotatable bonds is 5. The van der Waals surface area contributed by atoms with Crippen molar-refractivity contribution in [2.24, 2.45) is 0 Å². The van der Waals surface area contributed by atoms with Crippen LogP contribution in [0.2, 0.25) is 10.0 Å². The Bertz CT molecular complexity index is 1220. The molecule has 1 fully saturated rings. The van der Waals surface area contributed by atoms with Gasteiger partial charge in [-0.25, -0.2) is 13.2 Å². The molecule has 2 N–H and O–H groups in total. The fraction of sp³-hybridized carbons (Fsp3) is 0.250. The van der Waals surface area contributed by atoms with Crippen LogP contribution >= 0.6 is 23.2 Å². The quantitative estimate of drug-likeness (QED) is 0.562. The van der Waals surface area contributed by atoms with Crippen LogP contribution in [0, 0.1) is 0 Å². The predicted molar refractivity (Wildman–Crippen MR) is 115 cm³/mol. The molecule has 7 nitrogen and oxygen atoms in total. The SMILES string of the molecule is O=C(O)c1cc2c(Cl)c(NC3CCN(S(=O)(=O)c4cccc(Cl)c4)CC3)ccc2o1. The molecule has 2 heterocycles. The van der Waals surface area contributed by atoms with Crippen LogP contribution in [0.15, 0.2) is 51.8 Å². The highest BCUT2D eigenvalue weighted by Gasteiger charge is 2.30. The maximum Gasteiger partial charge on any atom is 0.371 e. The first-order chi connectivity index (χ1) is 14.3. The molecule has 1 saturated heterocycles. The topological polar surface area (TPSA) is 99.9 Å². The fourth-order valence-corrected chi connectivity index (χ4v) is 5.57. The number of carboxylic acid groups (broad SMARTS) is 1. The van der Waals surface area contributed by atoms with Crippen molar-refractivity contribution in [1.29, 1.82) is 0 Å². The lowest BCUT2D eigenvalue weighted by atomic mass is 10.1. The maximum atomic E-state index is 12.8. The number of aromatic carboxylic acids is 1. The largest absolute Gasteiger partial charge is 0.475 e. The lowest BCUT2D eigenvalue weighted by molar-refractivity contribution is 0.0665. The molecular formula is C20H18Cl2N2O5S. The van der Waals surface area contributed by atoms with Gasteiger partial charge in [0, 0.05) is 35.6 Å². The summed E-state index contributed by atoms with van der Waals surface area (Å²) in [4.78, 5) is 11.3. The number of benzene rings is 2. The van der Waals surface area contributed by atoms with Gasteiger partial charge in [0.25, 0.3) is 0 Å². The number of hydrogen-bond donors (Lipinski definition) is 2. The zero-order valence-corrected chi connectivity index (χ0v) is 18.0. The van der Waals surface area contributed by atoms with Gasteiger partial charge in [0.2, 0.25) is 15.8 Å². The summed E-state index contributed by atoms with van der Waals surface area (Å²) in [6.45, 7) is 0.725. The summed E-state index contributed by atoms with van der Waals surface area (Å²) in [5.41, 5.74) is 1.04. The van der Waals surface area contributed by atoms with Crippen molar-refractivity contribution in [3.63, 3.8) is 0 Å². The minimum absolute atomic E-state index is 0.0246. The Morgan fingerprint density at radius 1 is 1.13 bits per heavy atom. The lowest BCUT2D eigenvalue weighted by Gasteiger charge is -2.32. The van der Waals surface area contributed by atoms with Gasteiger partial charge in [-0.15, -0.1) is 0 Å². The Labute approximate surface area is 183 Å². The van der Waals surface area contributed by atoms with E-state index in [9.17, 15) is 13.2 Å². The molecule has 0 spiro atoms. The molecule has 158 valence electrons. The molecule has 0 bridgehead atoms. The van der Waals surface area contributed by atoms with Crippen LogP contribution in [-0.4, -0.2) is 42.9 Å². The molecule has 0 atom stereocenters. The van der Waals surface area contributed by atoms with Crippen molar-refractivity contribution in [3.8, 4) is 0 Å². The van der Waals surface area contributed by atoms with Crippen molar-refractivity contribution in [1.82, 2.24) is 4.31 Å². The van der Waals surface area contributed by atoms with E-state index in [2.05, 4.69) is 5.32 Å². The van der Waals surface area contributed by atoms with Gasteiger partial charge in [0.05, 0.1) is 15.6 Å². The summed E-state index contributed by atoms with van der Waals surface area (Å²) in [6.07, 6.45) is 1.19. The molecule has 3 aromatic rings. The molecule has 0 saturated carbocycles. The van der Waals surface area contributed by atoms with Gasteiger partial charge in [0.1, 0.15) is 5.58 Å². The molecule has 0 aliphatic carbocycles. The standard InChI is InChI=1S/C20H18Cl2N2O5S/c21-12-2-1-3-14(10-12)30(27,28)24-8-6-13(7-9-24)23-16-4-5-17-15(19(16)22)11-18(29-17)20(25)26/h1-5,10-11,13,23H,6-9H2,(H,25,26). The molecule has 1 aliphatic rings. The molecule has 10 heteroatoms. The first-order valence-electron chi connectivity index (χ1n) is 9.23. The number of furan rings is 1. The number of carboxylic acids is 1. The van der Waals surface area contributed by atoms with Gasteiger partial charge in [-0.05, 0) is 43.2 Å². The molecule has 1 aromatic heterocycles. The number of nitrogens with one attached hydrogen (secondary N) is 1. The van der Waals surface area contributed by atoms with Crippen molar-refractivity contribution in [3.05, 3.63) is 58.3 Å². The minimum Gasteiger partial charge on any atom is -0.475 e. The molecule has 0 amide bonds. The van der Waals surface area contributed by atoms with E-state index in [4.69, 9.17) is 32.7 Å². The van der Waals surface area contributed by atoms with Gasteiger partial charge >= 0.3 is 5.97 Å². The third-order valence-corrected chi connectivity index (χ3v) is 7.63. The number of piperidine rings is 1. The predicted octanol–water partition coefficient (Wildman–Crippen LogP) is 4.70. The highest BCUT2D eigenvalue weighted by atomic mass is 35.5. The van der Waals surface area contributed by atoms with E-state index in [0.29, 0.717) is 52.6 Å². The van der Waals surface area contributed by atoms with E-state index >= 15 is 0 Å². The maximum absolute atomic E-state index is 12.8. The van der Waals surface area contributed by atoms with E-state index in [1.165, 1.54) is 22.5 Å². The van der Waals surface area contributed by atoms with E-state index in [-0.39, 0.29) is 16.7 Å². The first kappa shape index (κ1) is 21.0. The van der Waals surface area contributed by atoms with Crippen molar-refractivity contribution in [2.45, 2.75) is 23.8 Å². The highest BCUT2D eigenvalue weighted by molar-refractivity contribution is 7.89. The third kappa shape index (κ3) is 4.00. The number of sulfonamides is 1. The second-order valence-corrected chi connectivity index (χ2v) is 9.79. The van der Waals surface area contributed by atoms with E-state index in [1.807, 2.05) is 0 Å². The summed E-state index contributed by atoms with van der Waals surface area (Å²) in [6, 6.07) is 11.1. The molecule has 2 aromatic carbocycles. The summed E-state index contributed by atoms with van der Waals surface area (Å²) in [7, 11) is -3.60. The monoisotopic (exact) mass is 468 g/mol. The smallest absolute Gasteiger partial charge is 0.371 e. The Morgan fingerprint density at radius 3 is 2.53 bits per heavy atom. The number of anilines is 1. The molecule has 0 radical (unpaired) electrons. The number of fused-ring (bicyclic) bond motifs is 1. The summed E-state index contributed by atoms with van der Waals surface area (Å²) in [5.74, 6) is -1.34. The molecular weight excluding hydrogens is 451 g/mol. The third-order valence-electron chi connectivity index (χ3n) is 5.09. The van der Waals surface area contributed by atoms with E-state index in [0.717, 1.165) is 0 Å². The van der Waals surface area contributed by atoms with Crippen molar-refractivity contribution in [2.75, 3.05) is 18.4 Å². The van der Waals surface area contributed by atoms with Gasteiger partial charge in [0.15, 0.2) is 0 Å². The zero-order chi connectivity index (χ0) is 21.5. The van der Waals surface area contributed by atoms with Gasteiger partial charge in [-0.2, -0.15) is 4.31 Å². The van der Waals surface area contributed by atoms with E-state index < -0.39 is 16.0 Å². The zero-order valence-electron chi connectivity index (χ0n) is 15.6. The van der Waals surface area contributed by atoms with Crippen LogP contribution in [0.3, 0.4) is 0 Å². The van der Waals surface area contributed by atoms with E-state index in [1.54, 1.807) is 24.3 Å². The van der Waals surface area contributed by atoms with Gasteiger partial charge < -0.3 is 14.8 Å². The average Bonchev–Trinajstić information content (AvgIpc) is 3.16. The molecule has 1 aliphatic heterocycles. The number of halogens is 2. The van der Waals surface area contributed by atoms with Crippen molar-refractivity contribution >= 4 is 55.9 Å². The van der Waals surface area contributed by atoms with Crippen LogP contribution < -0.4 is 5.32 Å². The minimum atomic E-state index is -3.60. The average molecular weight is 469 g/mol. The first-order valence-corrected chi connectivity index (χ1v) is 11.4. The van der Waals surface area contributed by atoms with Crippen LogP contribution in [0.5, 0.6) is 0 Å². The lowest BCUT2D eigenvalue weighted by Crippen LogP contribution is -2.42. The summed E-state index contributed by atoms with van der Waals surface area (Å²) < 4.78 is 32.4. The van der Waals surface area contributed by atoms with Gasteiger partial charge in [-0.3, -0.25) is 0 Å². The number of carbonyl (C=O) groups is 1. The molecule has 0 unspecified atom stereocenters. The summed E-state index contributed by atoms with van der Waals surface area (Å²) >= 11 is 12.4. The number of nitrogens with zero attached hydrogens (tertiary/aromatic N) is 1. The summed E-state index contributed by atoms with van der Waals surface area (Å²) in [5, 5.41) is 13.7. The fourth-order valence-electron chi connectivity index (χ4n) is 3.53. The number of hydrogen-bond acceptors (Lipinski definition) is 5. The Hall–Kier alpha value is -2.26.